The predicted octanol–water partition coefficient (Wildman–Crippen LogP) is 1.74. The molecular formula is C20H25N5O2. The highest BCUT2D eigenvalue weighted by Gasteiger charge is 2.06. The number of guanidine groups is 1. The average Bonchev–Trinajstić information content (AvgIpc) is 2.72. The largest absolute Gasteiger partial charge is 0.489 e. The van der Waals surface area contributed by atoms with Crippen molar-refractivity contribution in [1.82, 2.24) is 20.9 Å². The van der Waals surface area contributed by atoms with E-state index in [4.69, 9.17) is 4.74 Å². The quantitative estimate of drug-likeness (QED) is 0.272. The predicted molar refractivity (Wildman–Crippen MR) is 107 cm³/mol. The van der Waals surface area contributed by atoms with Gasteiger partial charge in [-0.25, -0.2) is 0 Å². The number of amides is 1. The molecule has 0 saturated carbocycles. The molecule has 7 heteroatoms. The highest BCUT2D eigenvalue weighted by Crippen LogP contribution is 2.17. The molecule has 2 aromatic rings. The fourth-order valence-corrected chi connectivity index (χ4v) is 2.30. The number of aromatic nitrogens is 1. The number of para-hydroxylation sites is 1. The minimum Gasteiger partial charge on any atom is -0.489 e. The van der Waals surface area contributed by atoms with Crippen molar-refractivity contribution in [2.75, 3.05) is 26.7 Å². The molecule has 0 unspecified atom stereocenters. The van der Waals surface area contributed by atoms with E-state index in [1.54, 1.807) is 31.5 Å². The van der Waals surface area contributed by atoms with Gasteiger partial charge in [0, 0.05) is 44.6 Å². The summed E-state index contributed by atoms with van der Waals surface area (Å²) in [5, 5.41) is 9.22. The number of ether oxygens (including phenoxy) is 1. The maximum atomic E-state index is 11.9. The van der Waals surface area contributed by atoms with Crippen LogP contribution in [-0.2, 0) is 6.54 Å². The Kier molecular flexibility index (Phi) is 8.36. The van der Waals surface area contributed by atoms with Gasteiger partial charge in [-0.05, 0) is 18.2 Å². The second-order valence-corrected chi connectivity index (χ2v) is 5.56. The second-order valence-electron chi connectivity index (χ2n) is 5.56. The Hall–Kier alpha value is -3.35. The van der Waals surface area contributed by atoms with Crippen molar-refractivity contribution < 1.29 is 9.53 Å². The molecule has 1 amide bonds. The van der Waals surface area contributed by atoms with Crippen LogP contribution in [0.4, 0.5) is 0 Å². The summed E-state index contributed by atoms with van der Waals surface area (Å²) in [7, 11) is 1.70. The Morgan fingerprint density at radius 1 is 1.19 bits per heavy atom. The van der Waals surface area contributed by atoms with Gasteiger partial charge in [-0.2, -0.15) is 0 Å². The van der Waals surface area contributed by atoms with Crippen LogP contribution in [0.1, 0.15) is 15.9 Å². The lowest BCUT2D eigenvalue weighted by molar-refractivity contribution is 0.0954. The molecule has 1 aromatic heterocycles. The van der Waals surface area contributed by atoms with Crippen molar-refractivity contribution in [2.45, 2.75) is 6.54 Å². The van der Waals surface area contributed by atoms with Gasteiger partial charge in [-0.1, -0.05) is 30.9 Å². The van der Waals surface area contributed by atoms with Gasteiger partial charge in [0.05, 0.1) is 5.56 Å². The van der Waals surface area contributed by atoms with E-state index in [-0.39, 0.29) is 5.91 Å². The van der Waals surface area contributed by atoms with E-state index in [0.29, 0.717) is 37.8 Å². The van der Waals surface area contributed by atoms with Crippen LogP contribution in [0.3, 0.4) is 0 Å². The van der Waals surface area contributed by atoms with Crippen LogP contribution in [0.15, 0.2) is 66.4 Å². The van der Waals surface area contributed by atoms with Crippen LogP contribution in [0.2, 0.25) is 0 Å². The van der Waals surface area contributed by atoms with E-state index < -0.39 is 0 Å². The summed E-state index contributed by atoms with van der Waals surface area (Å²) >= 11 is 0. The summed E-state index contributed by atoms with van der Waals surface area (Å²) in [6.07, 6.45) is 4.88. The van der Waals surface area contributed by atoms with Crippen LogP contribution < -0.4 is 20.7 Å². The first-order valence-corrected chi connectivity index (χ1v) is 8.69. The van der Waals surface area contributed by atoms with Crippen LogP contribution in [0.25, 0.3) is 0 Å². The highest BCUT2D eigenvalue weighted by molar-refractivity contribution is 5.93. The van der Waals surface area contributed by atoms with Crippen LogP contribution in [-0.4, -0.2) is 43.6 Å². The number of benzene rings is 1. The topological polar surface area (TPSA) is 87.6 Å². The molecule has 0 atom stereocenters. The first-order valence-electron chi connectivity index (χ1n) is 8.69. The number of aliphatic imine (C=N–C) groups is 1. The van der Waals surface area contributed by atoms with E-state index in [9.17, 15) is 4.79 Å². The fraction of sp³-hybridized carbons (Fsp3) is 0.250. The van der Waals surface area contributed by atoms with E-state index in [2.05, 4.69) is 32.5 Å². The number of nitrogens with zero attached hydrogens (tertiary/aromatic N) is 2. The molecule has 7 nitrogen and oxygen atoms in total. The molecule has 0 saturated heterocycles. The Bertz CT molecular complexity index is 762. The Balaban J connectivity index is 1.75. The number of hydrogen-bond acceptors (Lipinski definition) is 4. The van der Waals surface area contributed by atoms with E-state index in [1.807, 2.05) is 24.3 Å². The molecular weight excluding hydrogens is 342 g/mol. The lowest BCUT2D eigenvalue weighted by Gasteiger charge is -2.14. The number of rotatable bonds is 9. The van der Waals surface area contributed by atoms with Gasteiger partial charge < -0.3 is 20.7 Å². The monoisotopic (exact) mass is 367 g/mol. The zero-order valence-electron chi connectivity index (χ0n) is 15.4. The average molecular weight is 367 g/mol. The molecule has 0 bridgehead atoms. The van der Waals surface area contributed by atoms with Gasteiger partial charge in [0.1, 0.15) is 12.4 Å². The number of nitrogens with one attached hydrogen (secondary N) is 3. The Morgan fingerprint density at radius 3 is 2.74 bits per heavy atom. The van der Waals surface area contributed by atoms with E-state index in [1.165, 1.54) is 6.20 Å². The molecule has 0 aliphatic carbocycles. The summed E-state index contributed by atoms with van der Waals surface area (Å²) in [6, 6.07) is 11.3. The van der Waals surface area contributed by atoms with E-state index in [0.717, 1.165) is 11.3 Å². The molecule has 27 heavy (non-hydrogen) atoms. The molecule has 0 radical (unpaired) electrons. The van der Waals surface area contributed by atoms with Crippen LogP contribution in [0.5, 0.6) is 5.75 Å². The van der Waals surface area contributed by atoms with Crippen molar-refractivity contribution in [3.63, 3.8) is 0 Å². The summed E-state index contributed by atoms with van der Waals surface area (Å²) in [5.41, 5.74) is 1.56. The summed E-state index contributed by atoms with van der Waals surface area (Å²) < 4.78 is 5.65. The minimum absolute atomic E-state index is 0.152. The van der Waals surface area contributed by atoms with E-state index >= 15 is 0 Å². The molecule has 1 aromatic carbocycles. The summed E-state index contributed by atoms with van der Waals surface area (Å²) in [6.45, 7) is 5.69. The van der Waals surface area contributed by atoms with Crippen molar-refractivity contribution in [1.29, 1.82) is 0 Å². The van der Waals surface area contributed by atoms with Crippen molar-refractivity contribution in [3.05, 3.63) is 72.6 Å². The van der Waals surface area contributed by atoms with Gasteiger partial charge in [0.15, 0.2) is 5.96 Å². The smallest absolute Gasteiger partial charge is 0.252 e. The van der Waals surface area contributed by atoms with Crippen molar-refractivity contribution in [3.8, 4) is 5.75 Å². The first kappa shape index (κ1) is 20.0. The standard InChI is InChI=1S/C20H25N5O2/c1-3-13-27-18-9-5-4-7-16(18)15-25-20(21-2)24-12-11-23-19(26)17-8-6-10-22-14-17/h3-10,14H,1,11-13,15H2,2H3,(H,23,26)(H2,21,24,25). The fourth-order valence-electron chi connectivity index (χ4n) is 2.30. The molecule has 142 valence electrons. The Labute approximate surface area is 159 Å². The normalized spacial score (nSPS) is 10.8. The third kappa shape index (κ3) is 6.81. The van der Waals surface area contributed by atoms with Crippen molar-refractivity contribution in [2.24, 2.45) is 4.99 Å². The van der Waals surface area contributed by atoms with Gasteiger partial charge in [-0.15, -0.1) is 0 Å². The summed E-state index contributed by atoms with van der Waals surface area (Å²) in [5.74, 6) is 1.30. The minimum atomic E-state index is -0.152. The zero-order valence-corrected chi connectivity index (χ0v) is 15.4. The maximum Gasteiger partial charge on any atom is 0.252 e. The second kappa shape index (κ2) is 11.3. The third-order valence-corrected chi connectivity index (χ3v) is 3.63. The molecule has 0 aliphatic rings. The van der Waals surface area contributed by atoms with Crippen LogP contribution in [0, 0.1) is 0 Å². The number of hydrogen-bond donors (Lipinski definition) is 3. The SMILES string of the molecule is C=CCOc1ccccc1CNC(=NC)NCCNC(=O)c1cccnc1. The first-order chi connectivity index (χ1) is 13.2. The lowest BCUT2D eigenvalue weighted by Crippen LogP contribution is -2.41. The molecule has 2 rings (SSSR count). The number of carbonyl (C=O) groups is 1. The molecule has 3 N–H and O–H groups in total. The molecule has 1 heterocycles. The highest BCUT2D eigenvalue weighted by atomic mass is 16.5. The van der Waals surface area contributed by atoms with Gasteiger partial charge in [0.25, 0.3) is 5.91 Å². The molecule has 0 fully saturated rings. The number of pyridine rings is 1. The molecule has 0 spiro atoms. The summed E-state index contributed by atoms with van der Waals surface area (Å²) in [4.78, 5) is 20.1. The van der Waals surface area contributed by atoms with Gasteiger partial charge >= 0.3 is 0 Å². The third-order valence-electron chi connectivity index (χ3n) is 3.63. The zero-order chi connectivity index (χ0) is 19.3. The molecule has 0 aliphatic heterocycles. The van der Waals surface area contributed by atoms with Crippen molar-refractivity contribution >= 4 is 11.9 Å². The maximum absolute atomic E-state index is 11.9. The van der Waals surface area contributed by atoms with Gasteiger partial charge in [0.2, 0.25) is 0 Å². The number of carbonyl (C=O) groups excluding carboxylic acids is 1. The lowest BCUT2D eigenvalue weighted by atomic mass is 10.2. The van der Waals surface area contributed by atoms with Crippen LogP contribution >= 0.6 is 0 Å². The van der Waals surface area contributed by atoms with Gasteiger partial charge in [-0.3, -0.25) is 14.8 Å². The Morgan fingerprint density at radius 2 is 2.00 bits per heavy atom.